The molecule has 3 N–H and O–H groups in total. The predicted molar refractivity (Wildman–Crippen MR) is 105 cm³/mol. The zero-order valence-corrected chi connectivity index (χ0v) is 15.6. The van der Waals surface area contributed by atoms with Gasteiger partial charge in [0.1, 0.15) is 11.3 Å². The Balaban J connectivity index is 1.53. The zero-order chi connectivity index (χ0) is 19.5. The van der Waals surface area contributed by atoms with Gasteiger partial charge in [0.2, 0.25) is 5.43 Å². The molecule has 2 fully saturated rings. The summed E-state index contributed by atoms with van der Waals surface area (Å²) < 4.78 is 7.42. The Hall–Kier alpha value is -2.64. The molecule has 148 valence electrons. The number of aromatic nitrogens is 1. The van der Waals surface area contributed by atoms with Crippen molar-refractivity contribution in [1.29, 1.82) is 0 Å². The third-order valence-electron chi connectivity index (χ3n) is 5.74. The number of hydrogen-bond acceptors (Lipinski definition) is 5. The van der Waals surface area contributed by atoms with Crippen LogP contribution in [0.3, 0.4) is 0 Å². The Morgan fingerprint density at radius 1 is 1.14 bits per heavy atom. The van der Waals surface area contributed by atoms with Crippen LogP contribution in [0.1, 0.15) is 42.5 Å². The van der Waals surface area contributed by atoms with Crippen LogP contribution in [0.25, 0.3) is 0 Å². The molecule has 2 heterocycles. The van der Waals surface area contributed by atoms with Gasteiger partial charge in [0, 0.05) is 24.8 Å². The van der Waals surface area contributed by atoms with Gasteiger partial charge in [-0.1, -0.05) is 31.0 Å². The highest BCUT2D eigenvalue weighted by Crippen LogP contribution is 2.31. The van der Waals surface area contributed by atoms with E-state index in [0.717, 1.165) is 6.42 Å². The molecule has 7 nitrogen and oxygen atoms in total. The van der Waals surface area contributed by atoms with Crippen molar-refractivity contribution in [3.05, 3.63) is 58.5 Å². The molecule has 2 aliphatic rings. The van der Waals surface area contributed by atoms with Crippen LogP contribution in [0.2, 0.25) is 0 Å². The van der Waals surface area contributed by atoms with Gasteiger partial charge in [0.15, 0.2) is 5.75 Å². The lowest BCUT2D eigenvalue weighted by atomic mass is 9.81. The lowest BCUT2D eigenvalue weighted by Crippen LogP contribution is -2.33. The molecule has 3 unspecified atom stereocenters. The van der Waals surface area contributed by atoms with Gasteiger partial charge < -0.3 is 14.4 Å². The number of ether oxygens (including phenoxy) is 1. The first-order chi connectivity index (χ1) is 13.6. The number of para-hydroxylation sites is 1. The van der Waals surface area contributed by atoms with Gasteiger partial charge >= 0.3 is 5.97 Å². The normalized spacial score (nSPS) is 23.9. The highest BCUT2D eigenvalue weighted by Gasteiger charge is 2.36. The van der Waals surface area contributed by atoms with Gasteiger partial charge in [-0.25, -0.2) is 4.79 Å². The average molecular weight is 383 g/mol. The molecule has 1 aromatic heterocycles. The van der Waals surface area contributed by atoms with E-state index >= 15 is 0 Å². The molecule has 28 heavy (non-hydrogen) atoms. The van der Waals surface area contributed by atoms with Crippen molar-refractivity contribution >= 4 is 5.97 Å². The maximum Gasteiger partial charge on any atom is 0.341 e. The van der Waals surface area contributed by atoms with E-state index in [1.807, 2.05) is 6.07 Å². The van der Waals surface area contributed by atoms with E-state index in [2.05, 4.69) is 10.9 Å². The summed E-state index contributed by atoms with van der Waals surface area (Å²) in [6, 6.07) is 9.78. The smallest absolute Gasteiger partial charge is 0.341 e. The number of pyridine rings is 1. The first-order valence-electron chi connectivity index (χ1n) is 9.83. The Bertz CT molecular complexity index is 896. The fraction of sp³-hybridized carbons (Fsp3) is 0.429. The van der Waals surface area contributed by atoms with Crippen LogP contribution >= 0.6 is 0 Å². The zero-order valence-electron chi connectivity index (χ0n) is 15.6. The second kappa shape index (κ2) is 8.16. The second-order valence-electron chi connectivity index (χ2n) is 7.56. The minimum absolute atomic E-state index is 0.0270. The number of carboxylic acids is 1. The second-order valence-corrected chi connectivity index (χ2v) is 7.56. The van der Waals surface area contributed by atoms with Crippen LogP contribution < -0.4 is 21.0 Å². The Labute approximate surface area is 163 Å². The molecule has 1 aromatic carbocycles. The number of nitrogens with one attached hydrogen (secondary N) is 2. The average Bonchev–Trinajstić information content (AvgIpc) is 3.12. The summed E-state index contributed by atoms with van der Waals surface area (Å²) in [4.78, 5) is 24.0. The molecular formula is C21H25N3O4. The third kappa shape index (κ3) is 3.95. The van der Waals surface area contributed by atoms with Crippen molar-refractivity contribution in [1.82, 2.24) is 15.4 Å². The largest absolute Gasteiger partial charge is 0.477 e. The highest BCUT2D eigenvalue weighted by atomic mass is 16.5. The first-order valence-corrected chi connectivity index (χ1v) is 9.83. The first kappa shape index (κ1) is 18.7. The summed E-state index contributed by atoms with van der Waals surface area (Å²) >= 11 is 0. The van der Waals surface area contributed by atoms with Crippen molar-refractivity contribution in [3.63, 3.8) is 0 Å². The summed E-state index contributed by atoms with van der Waals surface area (Å²) in [7, 11) is 0. The number of rotatable bonds is 6. The molecule has 7 heteroatoms. The number of aromatic carboxylic acids is 1. The molecule has 3 atom stereocenters. The van der Waals surface area contributed by atoms with Crippen LogP contribution in [0.4, 0.5) is 0 Å². The van der Waals surface area contributed by atoms with Gasteiger partial charge in [-0.3, -0.25) is 15.6 Å². The van der Waals surface area contributed by atoms with Crippen LogP contribution in [-0.2, 0) is 6.54 Å². The Kier molecular flexibility index (Phi) is 5.45. The Morgan fingerprint density at radius 2 is 1.93 bits per heavy atom. The van der Waals surface area contributed by atoms with Crippen molar-refractivity contribution in [2.24, 2.45) is 5.92 Å². The summed E-state index contributed by atoms with van der Waals surface area (Å²) in [6.07, 6.45) is 8.79. The van der Waals surface area contributed by atoms with E-state index in [0.29, 0.717) is 30.3 Å². The van der Waals surface area contributed by atoms with E-state index in [4.69, 9.17) is 4.74 Å². The predicted octanol–water partition coefficient (Wildman–Crippen LogP) is 2.76. The number of carbonyl (C=O) groups is 1. The molecule has 0 radical (unpaired) electrons. The molecule has 4 rings (SSSR count). The number of fused-ring (bicyclic) bond motifs is 1. The molecular weight excluding hydrogens is 358 g/mol. The van der Waals surface area contributed by atoms with Crippen LogP contribution in [0, 0.1) is 5.92 Å². The summed E-state index contributed by atoms with van der Waals surface area (Å²) in [5.74, 6) is -0.114. The number of benzene rings is 1. The van der Waals surface area contributed by atoms with Crippen molar-refractivity contribution in [2.45, 2.75) is 50.7 Å². The van der Waals surface area contributed by atoms with Crippen molar-refractivity contribution in [2.75, 3.05) is 0 Å². The fourth-order valence-electron chi connectivity index (χ4n) is 4.29. The molecule has 1 aliphatic heterocycles. The lowest BCUT2D eigenvalue weighted by Gasteiger charge is -2.27. The molecule has 2 aromatic rings. The lowest BCUT2D eigenvalue weighted by molar-refractivity contribution is 0.0694. The van der Waals surface area contributed by atoms with Crippen LogP contribution in [0.15, 0.2) is 47.5 Å². The summed E-state index contributed by atoms with van der Waals surface area (Å²) in [6.45, 7) is 0.605. The molecule has 1 saturated carbocycles. The molecule has 1 saturated heterocycles. The van der Waals surface area contributed by atoms with Gasteiger partial charge in [-0.15, -0.1) is 0 Å². The van der Waals surface area contributed by atoms with Gasteiger partial charge in [0.05, 0.1) is 6.20 Å². The van der Waals surface area contributed by atoms with Crippen LogP contribution in [-0.4, -0.2) is 27.7 Å². The monoisotopic (exact) mass is 383 g/mol. The van der Waals surface area contributed by atoms with Crippen LogP contribution in [0.5, 0.6) is 11.5 Å². The third-order valence-corrected chi connectivity index (χ3v) is 5.74. The van der Waals surface area contributed by atoms with Crippen molar-refractivity contribution in [3.8, 4) is 11.5 Å². The van der Waals surface area contributed by atoms with E-state index in [1.54, 1.807) is 35.0 Å². The molecule has 0 amide bonds. The standard InChI is InChI=1S/C21H25N3O4/c25-20-16(21(26)27)12-24(13-19(20)28-14-6-2-1-3-7-14)11-10-18-15-8-4-5-9-17(15)22-23-18/h1-3,6-7,12-13,15,17-18,22-23H,4-5,8-11H2,(H,26,27). The maximum atomic E-state index is 12.5. The number of hydrazine groups is 1. The number of aryl methyl sites for hydroxylation is 1. The quantitative estimate of drug-likeness (QED) is 0.710. The molecule has 0 bridgehead atoms. The highest BCUT2D eigenvalue weighted by molar-refractivity contribution is 5.87. The molecule has 1 aliphatic carbocycles. The number of nitrogens with zero attached hydrogens (tertiary/aromatic N) is 1. The molecule has 0 spiro atoms. The minimum Gasteiger partial charge on any atom is -0.477 e. The summed E-state index contributed by atoms with van der Waals surface area (Å²) in [5.41, 5.74) is 5.91. The van der Waals surface area contributed by atoms with Crippen molar-refractivity contribution < 1.29 is 14.6 Å². The van der Waals surface area contributed by atoms with Gasteiger partial charge in [0.25, 0.3) is 0 Å². The summed E-state index contributed by atoms with van der Waals surface area (Å²) in [5, 5.41) is 9.42. The van der Waals surface area contributed by atoms with E-state index in [-0.39, 0.29) is 11.3 Å². The van der Waals surface area contributed by atoms with E-state index in [1.165, 1.54) is 31.9 Å². The SMILES string of the molecule is O=C(O)c1cn(CCC2NNC3CCCCC32)cc(Oc2ccccc2)c1=O. The van der Waals surface area contributed by atoms with E-state index in [9.17, 15) is 14.7 Å². The topological polar surface area (TPSA) is 92.6 Å². The maximum absolute atomic E-state index is 12.5. The minimum atomic E-state index is -1.25. The van der Waals surface area contributed by atoms with Gasteiger partial charge in [-0.05, 0) is 37.3 Å². The number of hydrogen-bond donors (Lipinski definition) is 3. The number of carboxylic acid groups (broad SMARTS) is 1. The Morgan fingerprint density at radius 3 is 2.71 bits per heavy atom. The van der Waals surface area contributed by atoms with Gasteiger partial charge in [-0.2, -0.15) is 0 Å². The van der Waals surface area contributed by atoms with E-state index < -0.39 is 11.4 Å². The fourth-order valence-corrected chi connectivity index (χ4v) is 4.29.